The summed E-state index contributed by atoms with van der Waals surface area (Å²) in [6, 6.07) is 14.9. The van der Waals surface area contributed by atoms with Crippen LogP contribution in [0.5, 0.6) is 5.75 Å². The number of benzene rings is 2. The van der Waals surface area contributed by atoms with Crippen LogP contribution in [0.25, 0.3) is 0 Å². The van der Waals surface area contributed by atoms with Crippen LogP contribution in [0.2, 0.25) is 0 Å². The van der Waals surface area contributed by atoms with Gasteiger partial charge in [0.05, 0.1) is 7.11 Å². The zero-order valence-corrected chi connectivity index (χ0v) is 11.4. The Hall–Kier alpha value is -1.80. The molecule has 2 heteroatoms. The van der Waals surface area contributed by atoms with Crippen LogP contribution in [-0.2, 0) is 6.42 Å². The molecular formula is C17H19NO. The van der Waals surface area contributed by atoms with Gasteiger partial charge in [0.1, 0.15) is 5.75 Å². The Labute approximate surface area is 114 Å². The number of ether oxygens (including phenoxy) is 1. The van der Waals surface area contributed by atoms with Gasteiger partial charge in [0.15, 0.2) is 0 Å². The zero-order chi connectivity index (χ0) is 13.4. The lowest BCUT2D eigenvalue weighted by Gasteiger charge is -2.35. The minimum Gasteiger partial charge on any atom is -0.496 e. The van der Waals surface area contributed by atoms with Crippen LogP contribution in [-0.4, -0.2) is 7.11 Å². The Morgan fingerprint density at radius 3 is 2.68 bits per heavy atom. The van der Waals surface area contributed by atoms with Gasteiger partial charge in [-0.05, 0) is 41.7 Å². The smallest absolute Gasteiger partial charge is 0.121 e. The summed E-state index contributed by atoms with van der Waals surface area (Å²) in [5.41, 5.74) is 11.6. The topological polar surface area (TPSA) is 35.2 Å². The first-order valence-electron chi connectivity index (χ1n) is 6.68. The van der Waals surface area contributed by atoms with E-state index in [0.29, 0.717) is 5.92 Å². The van der Waals surface area contributed by atoms with E-state index in [4.69, 9.17) is 10.5 Å². The molecule has 19 heavy (non-hydrogen) atoms. The third-order valence-electron chi connectivity index (χ3n) is 4.13. The predicted molar refractivity (Wildman–Crippen MR) is 77.5 cm³/mol. The quantitative estimate of drug-likeness (QED) is 0.910. The van der Waals surface area contributed by atoms with E-state index in [2.05, 4.69) is 43.3 Å². The molecule has 2 aromatic rings. The third-order valence-corrected chi connectivity index (χ3v) is 4.13. The van der Waals surface area contributed by atoms with Gasteiger partial charge >= 0.3 is 0 Å². The van der Waals surface area contributed by atoms with Gasteiger partial charge in [-0.2, -0.15) is 0 Å². The Balaban J connectivity index is 1.86. The van der Waals surface area contributed by atoms with Crippen LogP contribution >= 0.6 is 0 Å². The van der Waals surface area contributed by atoms with Crippen molar-refractivity contribution in [1.29, 1.82) is 0 Å². The summed E-state index contributed by atoms with van der Waals surface area (Å²) in [6.45, 7) is 2.06. The van der Waals surface area contributed by atoms with Crippen molar-refractivity contribution in [3.05, 3.63) is 64.7 Å². The molecule has 0 bridgehead atoms. The largest absolute Gasteiger partial charge is 0.496 e. The van der Waals surface area contributed by atoms with Gasteiger partial charge in [0, 0.05) is 12.0 Å². The lowest BCUT2D eigenvalue weighted by atomic mass is 9.72. The highest BCUT2D eigenvalue weighted by atomic mass is 16.5. The summed E-state index contributed by atoms with van der Waals surface area (Å²) in [5, 5.41) is 0. The van der Waals surface area contributed by atoms with Crippen molar-refractivity contribution in [3.63, 3.8) is 0 Å². The van der Waals surface area contributed by atoms with Crippen LogP contribution < -0.4 is 10.5 Å². The number of hydrogen-bond donors (Lipinski definition) is 1. The second kappa shape index (κ2) is 4.71. The molecule has 98 valence electrons. The molecule has 3 rings (SSSR count). The van der Waals surface area contributed by atoms with E-state index in [9.17, 15) is 0 Å². The van der Waals surface area contributed by atoms with E-state index < -0.39 is 0 Å². The van der Waals surface area contributed by atoms with Crippen LogP contribution in [0.4, 0.5) is 0 Å². The number of hydrogen-bond acceptors (Lipinski definition) is 2. The molecule has 2 nitrogen and oxygen atoms in total. The fourth-order valence-electron chi connectivity index (χ4n) is 2.96. The summed E-state index contributed by atoms with van der Waals surface area (Å²) < 4.78 is 5.30. The van der Waals surface area contributed by atoms with Crippen molar-refractivity contribution < 1.29 is 4.74 Å². The van der Waals surface area contributed by atoms with Crippen LogP contribution in [0.15, 0.2) is 42.5 Å². The molecule has 1 aliphatic carbocycles. The van der Waals surface area contributed by atoms with Crippen molar-refractivity contribution in [2.75, 3.05) is 7.11 Å². The van der Waals surface area contributed by atoms with Gasteiger partial charge < -0.3 is 10.5 Å². The first-order chi connectivity index (χ1) is 9.20. The summed E-state index contributed by atoms with van der Waals surface area (Å²) in [6.07, 6.45) is 1.09. The highest BCUT2D eigenvalue weighted by molar-refractivity contribution is 5.44. The molecule has 0 fully saturated rings. The maximum atomic E-state index is 6.43. The summed E-state index contributed by atoms with van der Waals surface area (Å²) in [5.74, 6) is 1.37. The second-order valence-electron chi connectivity index (χ2n) is 5.26. The van der Waals surface area contributed by atoms with E-state index in [-0.39, 0.29) is 6.04 Å². The average molecular weight is 253 g/mol. The Kier molecular flexibility index (Phi) is 3.03. The second-order valence-corrected chi connectivity index (χ2v) is 5.26. The van der Waals surface area contributed by atoms with Gasteiger partial charge in [-0.25, -0.2) is 0 Å². The molecule has 0 saturated heterocycles. The highest BCUT2D eigenvalue weighted by Crippen LogP contribution is 2.42. The lowest BCUT2D eigenvalue weighted by molar-refractivity contribution is 0.411. The summed E-state index contributed by atoms with van der Waals surface area (Å²) in [4.78, 5) is 0. The molecule has 0 spiro atoms. The SMILES string of the molecule is COc1ccc(C(N)C2Cc3ccccc32)cc1C. The Bertz CT molecular complexity index is 606. The third kappa shape index (κ3) is 2.02. The van der Waals surface area contributed by atoms with Gasteiger partial charge in [0.25, 0.3) is 0 Å². The molecular weight excluding hydrogens is 234 g/mol. The van der Waals surface area contributed by atoms with E-state index >= 15 is 0 Å². The van der Waals surface area contributed by atoms with Gasteiger partial charge in [0.2, 0.25) is 0 Å². The molecule has 0 aliphatic heterocycles. The Morgan fingerprint density at radius 1 is 1.21 bits per heavy atom. The molecule has 0 amide bonds. The number of rotatable bonds is 3. The first-order valence-corrected chi connectivity index (χ1v) is 6.68. The molecule has 2 atom stereocenters. The summed E-state index contributed by atoms with van der Waals surface area (Å²) >= 11 is 0. The van der Waals surface area contributed by atoms with Crippen molar-refractivity contribution in [2.45, 2.75) is 25.3 Å². The number of fused-ring (bicyclic) bond motifs is 1. The van der Waals surface area contributed by atoms with E-state index in [1.54, 1.807) is 7.11 Å². The molecule has 1 aliphatic rings. The van der Waals surface area contributed by atoms with E-state index in [0.717, 1.165) is 17.7 Å². The fraction of sp³-hybridized carbons (Fsp3) is 0.294. The fourth-order valence-corrected chi connectivity index (χ4v) is 2.96. The maximum Gasteiger partial charge on any atom is 0.121 e. The molecule has 0 saturated carbocycles. The van der Waals surface area contributed by atoms with Crippen molar-refractivity contribution in [1.82, 2.24) is 0 Å². The van der Waals surface area contributed by atoms with Crippen LogP contribution in [0.1, 0.15) is 34.2 Å². The monoisotopic (exact) mass is 253 g/mol. The molecule has 0 heterocycles. The molecule has 2 aromatic carbocycles. The first kappa shape index (κ1) is 12.2. The van der Waals surface area contributed by atoms with Gasteiger partial charge in [-0.15, -0.1) is 0 Å². The molecule has 2 N–H and O–H groups in total. The lowest BCUT2D eigenvalue weighted by Crippen LogP contribution is -2.28. The van der Waals surface area contributed by atoms with Crippen molar-refractivity contribution in [3.8, 4) is 5.75 Å². The molecule has 0 aromatic heterocycles. The maximum absolute atomic E-state index is 6.43. The van der Waals surface area contributed by atoms with Crippen molar-refractivity contribution >= 4 is 0 Å². The normalized spacial score (nSPS) is 18.4. The van der Waals surface area contributed by atoms with E-state index in [1.807, 2.05) is 6.07 Å². The molecule has 2 unspecified atom stereocenters. The number of nitrogens with two attached hydrogens (primary N) is 1. The molecule has 0 radical (unpaired) electrons. The number of aryl methyl sites for hydroxylation is 1. The highest BCUT2D eigenvalue weighted by Gasteiger charge is 2.31. The van der Waals surface area contributed by atoms with Gasteiger partial charge in [-0.1, -0.05) is 36.4 Å². The Morgan fingerprint density at radius 2 is 2.00 bits per heavy atom. The zero-order valence-electron chi connectivity index (χ0n) is 11.4. The summed E-state index contributed by atoms with van der Waals surface area (Å²) in [7, 11) is 1.70. The van der Waals surface area contributed by atoms with Crippen molar-refractivity contribution in [2.24, 2.45) is 5.73 Å². The minimum atomic E-state index is 0.0690. The van der Waals surface area contributed by atoms with Crippen LogP contribution in [0.3, 0.4) is 0 Å². The van der Waals surface area contributed by atoms with E-state index in [1.165, 1.54) is 16.7 Å². The van der Waals surface area contributed by atoms with Gasteiger partial charge in [-0.3, -0.25) is 0 Å². The predicted octanol–water partition coefficient (Wildman–Crippen LogP) is 3.34. The van der Waals surface area contributed by atoms with Crippen LogP contribution in [0, 0.1) is 6.92 Å². The minimum absolute atomic E-state index is 0.0690. The average Bonchev–Trinajstić information content (AvgIpc) is 2.40. The standard InChI is InChI=1S/C17H19NO/c1-11-9-13(7-8-16(11)19-2)17(18)15-10-12-5-3-4-6-14(12)15/h3-9,15,17H,10,18H2,1-2H3. The number of methoxy groups -OCH3 is 1.